The summed E-state index contributed by atoms with van der Waals surface area (Å²) in [5.41, 5.74) is 1.29. The van der Waals surface area contributed by atoms with Gasteiger partial charge in [-0.3, -0.25) is 0 Å². The monoisotopic (exact) mass is 313 g/mol. The fourth-order valence-corrected chi connectivity index (χ4v) is 2.12. The lowest BCUT2D eigenvalue weighted by molar-refractivity contribution is 0.479. The smallest absolute Gasteiger partial charge is 0.146 e. The highest BCUT2D eigenvalue weighted by Gasteiger charge is 2.07. The van der Waals surface area contributed by atoms with Crippen LogP contribution < -0.4 is 4.74 Å². The SMILES string of the molecule is N#Cc1ccc(Br)cc1Oc1cnc2[nH]ccc2c1. The van der Waals surface area contributed by atoms with Gasteiger partial charge in [-0.05, 0) is 30.3 Å². The van der Waals surface area contributed by atoms with Crippen molar-refractivity contribution in [3.8, 4) is 17.6 Å². The maximum atomic E-state index is 9.06. The number of fused-ring (bicyclic) bond motifs is 1. The Morgan fingerprint density at radius 2 is 2.16 bits per heavy atom. The molecule has 19 heavy (non-hydrogen) atoms. The highest BCUT2D eigenvalue weighted by atomic mass is 79.9. The molecule has 92 valence electrons. The van der Waals surface area contributed by atoms with Gasteiger partial charge in [-0.15, -0.1) is 0 Å². The third-order valence-electron chi connectivity index (χ3n) is 2.67. The van der Waals surface area contributed by atoms with E-state index in [-0.39, 0.29) is 0 Å². The van der Waals surface area contributed by atoms with Crippen molar-refractivity contribution in [3.05, 3.63) is 52.8 Å². The Balaban J connectivity index is 2.00. The minimum atomic E-state index is 0.484. The molecule has 0 atom stereocenters. The zero-order chi connectivity index (χ0) is 13.2. The van der Waals surface area contributed by atoms with Crippen LogP contribution >= 0.6 is 15.9 Å². The van der Waals surface area contributed by atoms with Gasteiger partial charge < -0.3 is 9.72 Å². The molecule has 0 amide bonds. The molecule has 4 nitrogen and oxygen atoms in total. The Bertz CT molecular complexity index is 789. The molecular formula is C14H8BrN3O. The first-order chi connectivity index (χ1) is 9.26. The van der Waals surface area contributed by atoms with Crippen LogP contribution in [0.15, 0.2) is 47.2 Å². The Labute approximate surface area is 117 Å². The molecule has 0 radical (unpaired) electrons. The number of pyridine rings is 1. The standard InChI is InChI=1S/C14H8BrN3O/c15-11-2-1-10(7-16)13(6-11)19-12-5-9-3-4-17-14(9)18-8-12/h1-6,8H,(H,17,18). The molecule has 0 fully saturated rings. The van der Waals surface area contributed by atoms with Crippen LogP contribution in [0, 0.1) is 11.3 Å². The number of hydrogen-bond donors (Lipinski definition) is 1. The summed E-state index contributed by atoms with van der Waals surface area (Å²) >= 11 is 3.36. The number of aromatic nitrogens is 2. The van der Waals surface area contributed by atoms with Gasteiger partial charge in [0.1, 0.15) is 23.2 Å². The second-order valence-electron chi connectivity index (χ2n) is 3.94. The van der Waals surface area contributed by atoms with Crippen molar-refractivity contribution in [2.45, 2.75) is 0 Å². The topological polar surface area (TPSA) is 61.7 Å². The van der Waals surface area contributed by atoms with Gasteiger partial charge in [0.2, 0.25) is 0 Å². The number of nitrogens with zero attached hydrogens (tertiary/aromatic N) is 2. The van der Waals surface area contributed by atoms with Gasteiger partial charge >= 0.3 is 0 Å². The molecule has 0 spiro atoms. The first kappa shape index (κ1) is 11.8. The van der Waals surface area contributed by atoms with Crippen LogP contribution in [0.25, 0.3) is 11.0 Å². The van der Waals surface area contributed by atoms with Crippen molar-refractivity contribution in [1.29, 1.82) is 5.26 Å². The number of hydrogen-bond acceptors (Lipinski definition) is 3. The van der Waals surface area contributed by atoms with E-state index in [9.17, 15) is 0 Å². The van der Waals surface area contributed by atoms with Crippen LogP contribution in [0.5, 0.6) is 11.5 Å². The fraction of sp³-hybridized carbons (Fsp3) is 0. The maximum absolute atomic E-state index is 9.06. The van der Waals surface area contributed by atoms with E-state index in [1.807, 2.05) is 18.3 Å². The average Bonchev–Trinajstić information content (AvgIpc) is 2.86. The van der Waals surface area contributed by atoms with Crippen molar-refractivity contribution in [1.82, 2.24) is 9.97 Å². The lowest BCUT2D eigenvalue weighted by atomic mass is 10.2. The molecule has 2 heterocycles. The summed E-state index contributed by atoms with van der Waals surface area (Å²) in [7, 11) is 0. The van der Waals surface area contributed by atoms with Crippen molar-refractivity contribution in [2.24, 2.45) is 0 Å². The van der Waals surface area contributed by atoms with E-state index in [2.05, 4.69) is 32.0 Å². The second kappa shape index (κ2) is 4.75. The molecule has 3 aromatic rings. The third kappa shape index (κ3) is 2.30. The Hall–Kier alpha value is -2.32. The molecule has 0 saturated heterocycles. The summed E-state index contributed by atoms with van der Waals surface area (Å²) in [6.45, 7) is 0. The summed E-state index contributed by atoms with van der Waals surface area (Å²) in [4.78, 5) is 7.26. The molecule has 1 aromatic carbocycles. The minimum Gasteiger partial charge on any atom is -0.454 e. The zero-order valence-corrected chi connectivity index (χ0v) is 11.3. The summed E-state index contributed by atoms with van der Waals surface area (Å²) in [5.74, 6) is 1.11. The number of rotatable bonds is 2. The number of aromatic amines is 1. The summed E-state index contributed by atoms with van der Waals surface area (Å²) < 4.78 is 6.59. The van der Waals surface area contributed by atoms with E-state index in [4.69, 9.17) is 10.00 Å². The van der Waals surface area contributed by atoms with Gasteiger partial charge in [0.15, 0.2) is 0 Å². The van der Waals surface area contributed by atoms with E-state index < -0.39 is 0 Å². The van der Waals surface area contributed by atoms with Crippen LogP contribution in [0.2, 0.25) is 0 Å². The lowest BCUT2D eigenvalue weighted by Crippen LogP contribution is -1.89. The molecule has 0 saturated carbocycles. The Morgan fingerprint density at radius 1 is 1.26 bits per heavy atom. The minimum absolute atomic E-state index is 0.484. The predicted molar refractivity (Wildman–Crippen MR) is 75.0 cm³/mol. The van der Waals surface area contributed by atoms with Gasteiger partial charge in [-0.25, -0.2) is 4.98 Å². The molecule has 0 aliphatic rings. The van der Waals surface area contributed by atoms with Crippen molar-refractivity contribution >= 4 is 27.0 Å². The number of nitrogens with one attached hydrogen (secondary N) is 1. The van der Waals surface area contributed by atoms with Crippen molar-refractivity contribution < 1.29 is 4.74 Å². The third-order valence-corrected chi connectivity index (χ3v) is 3.16. The average molecular weight is 314 g/mol. The van der Waals surface area contributed by atoms with E-state index in [1.54, 1.807) is 24.4 Å². The summed E-state index contributed by atoms with van der Waals surface area (Å²) in [6, 6.07) is 11.2. The van der Waals surface area contributed by atoms with Gasteiger partial charge in [-0.1, -0.05) is 15.9 Å². The quantitative estimate of drug-likeness (QED) is 0.778. The molecule has 0 aliphatic carbocycles. The number of nitriles is 1. The zero-order valence-electron chi connectivity index (χ0n) is 9.72. The van der Waals surface area contributed by atoms with E-state index >= 15 is 0 Å². The van der Waals surface area contributed by atoms with Gasteiger partial charge in [0.05, 0.1) is 11.8 Å². The highest BCUT2D eigenvalue weighted by molar-refractivity contribution is 9.10. The Kier molecular flexibility index (Phi) is 2.94. The molecule has 3 rings (SSSR count). The summed E-state index contributed by atoms with van der Waals surface area (Å²) in [5, 5.41) is 10.0. The van der Waals surface area contributed by atoms with Crippen molar-refractivity contribution in [2.75, 3.05) is 0 Å². The molecule has 2 aromatic heterocycles. The van der Waals surface area contributed by atoms with E-state index in [1.165, 1.54) is 0 Å². The predicted octanol–water partition coefficient (Wildman–Crippen LogP) is 3.99. The van der Waals surface area contributed by atoms with Gasteiger partial charge in [0.25, 0.3) is 0 Å². The van der Waals surface area contributed by atoms with Crippen LogP contribution in [0.1, 0.15) is 5.56 Å². The Morgan fingerprint density at radius 3 is 3.00 bits per heavy atom. The van der Waals surface area contributed by atoms with E-state index in [0.29, 0.717) is 17.1 Å². The largest absolute Gasteiger partial charge is 0.454 e. The second-order valence-corrected chi connectivity index (χ2v) is 4.86. The van der Waals surface area contributed by atoms with Gasteiger partial charge in [-0.2, -0.15) is 5.26 Å². The lowest BCUT2D eigenvalue weighted by Gasteiger charge is -2.07. The van der Waals surface area contributed by atoms with Crippen LogP contribution in [-0.2, 0) is 0 Å². The molecule has 0 unspecified atom stereocenters. The van der Waals surface area contributed by atoms with Crippen molar-refractivity contribution in [3.63, 3.8) is 0 Å². The number of halogens is 1. The normalized spacial score (nSPS) is 10.3. The molecule has 1 N–H and O–H groups in total. The van der Waals surface area contributed by atoms with E-state index in [0.717, 1.165) is 15.5 Å². The molecule has 0 bridgehead atoms. The number of H-pyrrole nitrogens is 1. The molecule has 0 aliphatic heterocycles. The van der Waals surface area contributed by atoms with Crippen LogP contribution in [0.4, 0.5) is 0 Å². The fourth-order valence-electron chi connectivity index (χ4n) is 1.78. The first-order valence-corrected chi connectivity index (χ1v) is 6.36. The first-order valence-electron chi connectivity index (χ1n) is 5.57. The van der Waals surface area contributed by atoms with Crippen LogP contribution in [-0.4, -0.2) is 9.97 Å². The number of ether oxygens (including phenoxy) is 1. The molecular weight excluding hydrogens is 306 g/mol. The summed E-state index contributed by atoms with van der Waals surface area (Å²) in [6.07, 6.45) is 3.45. The van der Waals surface area contributed by atoms with Crippen LogP contribution in [0.3, 0.4) is 0 Å². The molecule has 5 heteroatoms. The van der Waals surface area contributed by atoms with Gasteiger partial charge in [0, 0.05) is 16.1 Å². The highest BCUT2D eigenvalue weighted by Crippen LogP contribution is 2.29. The maximum Gasteiger partial charge on any atom is 0.146 e. The number of benzene rings is 1.